The maximum Gasteiger partial charge on any atom is 0.339 e. The largest absolute Gasteiger partial charge is 0.507 e. The number of carbonyl (C=O) groups is 1. The Balaban J connectivity index is 1.94. The van der Waals surface area contributed by atoms with Gasteiger partial charge in [0.15, 0.2) is 0 Å². The summed E-state index contributed by atoms with van der Waals surface area (Å²) in [5.74, 6) is -1.87. The third-order valence-electron chi connectivity index (χ3n) is 3.82. The Morgan fingerprint density at radius 3 is 2.18 bits per heavy atom. The quantitative estimate of drug-likeness (QED) is 0.528. The van der Waals surface area contributed by atoms with Gasteiger partial charge < -0.3 is 10.2 Å². The molecule has 0 aromatic heterocycles. The van der Waals surface area contributed by atoms with E-state index in [1.807, 2.05) is 0 Å². The number of carboxylic acids is 1. The number of aromatic carboxylic acids is 1. The van der Waals surface area contributed by atoms with Crippen molar-refractivity contribution in [3.05, 3.63) is 76.3 Å². The normalized spacial score (nSPS) is 11.2. The minimum absolute atomic E-state index is 0.0251. The molecular weight excluding hydrogens is 425 g/mol. The van der Waals surface area contributed by atoms with Crippen LogP contribution < -0.4 is 4.72 Å². The molecule has 3 rings (SSSR count). The van der Waals surface area contributed by atoms with Crippen LogP contribution in [0.1, 0.15) is 10.4 Å². The van der Waals surface area contributed by atoms with Gasteiger partial charge in [-0.05, 0) is 53.6 Å². The molecule has 3 N–H and O–H groups in total. The lowest BCUT2D eigenvalue weighted by atomic mass is 10.1. The minimum Gasteiger partial charge on any atom is -0.507 e. The van der Waals surface area contributed by atoms with E-state index in [4.69, 9.17) is 28.3 Å². The second-order valence-electron chi connectivity index (χ2n) is 5.83. The highest BCUT2D eigenvalue weighted by Crippen LogP contribution is 2.29. The molecule has 0 spiro atoms. The SMILES string of the molecule is O=C(O)c1ccc(NS(=O)(=O)c2cccc(-c3cc(Cl)cc(Cl)c3)c2)cc1O. The molecule has 0 radical (unpaired) electrons. The van der Waals surface area contributed by atoms with Crippen LogP contribution in [-0.4, -0.2) is 24.6 Å². The van der Waals surface area contributed by atoms with Gasteiger partial charge in [-0.3, -0.25) is 4.72 Å². The van der Waals surface area contributed by atoms with E-state index in [1.165, 1.54) is 18.2 Å². The van der Waals surface area contributed by atoms with Crippen LogP contribution >= 0.6 is 23.2 Å². The van der Waals surface area contributed by atoms with Gasteiger partial charge in [0.2, 0.25) is 0 Å². The molecule has 0 bridgehead atoms. The van der Waals surface area contributed by atoms with Crippen molar-refractivity contribution in [2.75, 3.05) is 4.72 Å². The van der Waals surface area contributed by atoms with Gasteiger partial charge in [-0.25, -0.2) is 13.2 Å². The predicted molar refractivity (Wildman–Crippen MR) is 108 cm³/mol. The minimum atomic E-state index is -3.99. The maximum absolute atomic E-state index is 12.7. The van der Waals surface area contributed by atoms with E-state index in [-0.39, 0.29) is 16.1 Å². The molecule has 0 atom stereocenters. The molecule has 3 aromatic rings. The molecule has 0 aliphatic rings. The number of rotatable bonds is 5. The molecule has 0 heterocycles. The number of anilines is 1. The Labute approximate surface area is 171 Å². The maximum atomic E-state index is 12.7. The summed E-state index contributed by atoms with van der Waals surface area (Å²) in [6.45, 7) is 0. The molecule has 0 aliphatic carbocycles. The van der Waals surface area contributed by atoms with Gasteiger partial charge >= 0.3 is 5.97 Å². The highest BCUT2D eigenvalue weighted by atomic mass is 35.5. The van der Waals surface area contributed by atoms with Crippen LogP contribution in [0.25, 0.3) is 11.1 Å². The lowest BCUT2D eigenvalue weighted by molar-refractivity contribution is 0.0694. The molecule has 0 amide bonds. The summed E-state index contributed by atoms with van der Waals surface area (Å²) in [7, 11) is -3.99. The highest BCUT2D eigenvalue weighted by Gasteiger charge is 2.17. The molecule has 28 heavy (non-hydrogen) atoms. The van der Waals surface area contributed by atoms with Crippen molar-refractivity contribution in [3.8, 4) is 16.9 Å². The van der Waals surface area contributed by atoms with E-state index in [0.29, 0.717) is 21.2 Å². The fourth-order valence-corrected chi connectivity index (χ4v) is 4.17. The molecule has 0 unspecified atom stereocenters. The zero-order valence-electron chi connectivity index (χ0n) is 14.1. The average molecular weight is 438 g/mol. The monoisotopic (exact) mass is 437 g/mol. The van der Waals surface area contributed by atoms with Crippen molar-refractivity contribution in [2.24, 2.45) is 0 Å². The second-order valence-corrected chi connectivity index (χ2v) is 8.38. The van der Waals surface area contributed by atoms with E-state index in [9.17, 15) is 18.3 Å². The third kappa shape index (κ3) is 4.39. The average Bonchev–Trinajstić information content (AvgIpc) is 2.60. The second kappa shape index (κ2) is 7.71. The van der Waals surface area contributed by atoms with Gasteiger partial charge in [-0.2, -0.15) is 0 Å². The van der Waals surface area contributed by atoms with Crippen LogP contribution in [0.2, 0.25) is 10.0 Å². The Bertz CT molecular complexity index is 1160. The van der Waals surface area contributed by atoms with Crippen molar-refractivity contribution in [1.82, 2.24) is 0 Å². The van der Waals surface area contributed by atoms with Gasteiger partial charge in [0.1, 0.15) is 11.3 Å². The summed E-state index contributed by atoms with van der Waals surface area (Å²) in [5.41, 5.74) is 0.941. The number of hydrogen-bond donors (Lipinski definition) is 3. The molecule has 3 aromatic carbocycles. The van der Waals surface area contributed by atoms with Crippen molar-refractivity contribution in [2.45, 2.75) is 4.90 Å². The first-order valence-electron chi connectivity index (χ1n) is 7.81. The topological polar surface area (TPSA) is 104 Å². The summed E-state index contributed by atoms with van der Waals surface area (Å²) < 4.78 is 27.7. The first-order valence-corrected chi connectivity index (χ1v) is 10.1. The van der Waals surface area contributed by atoms with Crippen molar-refractivity contribution in [1.29, 1.82) is 0 Å². The van der Waals surface area contributed by atoms with Gasteiger partial charge in [0.05, 0.1) is 10.6 Å². The molecule has 9 heteroatoms. The van der Waals surface area contributed by atoms with Crippen LogP contribution in [0, 0.1) is 0 Å². The van der Waals surface area contributed by atoms with E-state index in [0.717, 1.165) is 12.1 Å². The van der Waals surface area contributed by atoms with Gasteiger partial charge in [-0.1, -0.05) is 35.3 Å². The van der Waals surface area contributed by atoms with Crippen LogP contribution in [0.3, 0.4) is 0 Å². The van der Waals surface area contributed by atoms with Crippen LogP contribution in [0.15, 0.2) is 65.6 Å². The first kappa shape index (κ1) is 20.0. The molecule has 144 valence electrons. The lowest BCUT2D eigenvalue weighted by Gasteiger charge is -2.11. The summed E-state index contributed by atoms with van der Waals surface area (Å²) >= 11 is 12.0. The third-order valence-corrected chi connectivity index (χ3v) is 5.64. The first-order chi connectivity index (χ1) is 13.2. The molecule has 0 saturated carbocycles. The Morgan fingerprint density at radius 1 is 0.893 bits per heavy atom. The summed E-state index contributed by atoms with van der Waals surface area (Å²) in [6, 6.07) is 14.4. The van der Waals surface area contributed by atoms with Gasteiger partial charge in [-0.15, -0.1) is 0 Å². The fraction of sp³-hybridized carbons (Fsp3) is 0. The number of halogens is 2. The van der Waals surface area contributed by atoms with E-state index >= 15 is 0 Å². The molecular formula is C19H13Cl2NO5S. The summed E-state index contributed by atoms with van der Waals surface area (Å²) in [4.78, 5) is 10.9. The van der Waals surface area contributed by atoms with E-state index < -0.39 is 21.7 Å². The smallest absolute Gasteiger partial charge is 0.339 e. The van der Waals surface area contributed by atoms with Crippen molar-refractivity contribution < 1.29 is 23.4 Å². The predicted octanol–water partition coefficient (Wildman–Crippen LogP) is 4.87. The summed E-state index contributed by atoms with van der Waals surface area (Å²) in [5, 5.41) is 19.5. The zero-order chi connectivity index (χ0) is 20.5. The van der Waals surface area contributed by atoms with E-state index in [2.05, 4.69) is 4.72 Å². The van der Waals surface area contributed by atoms with Crippen LogP contribution in [0.4, 0.5) is 5.69 Å². The standard InChI is InChI=1S/C19H13Cl2NO5S/c20-13-6-12(7-14(21)9-13)11-2-1-3-16(8-11)28(26,27)22-15-4-5-17(19(24)25)18(23)10-15/h1-10,22-23H,(H,24,25). The van der Waals surface area contributed by atoms with Gasteiger partial charge in [0.25, 0.3) is 10.0 Å². The van der Waals surface area contributed by atoms with Crippen LogP contribution in [0.5, 0.6) is 5.75 Å². The highest BCUT2D eigenvalue weighted by molar-refractivity contribution is 7.92. The van der Waals surface area contributed by atoms with E-state index in [1.54, 1.807) is 30.3 Å². The van der Waals surface area contributed by atoms with Crippen LogP contribution in [-0.2, 0) is 10.0 Å². The molecule has 6 nitrogen and oxygen atoms in total. The number of phenols is 1. The van der Waals surface area contributed by atoms with Crippen molar-refractivity contribution >= 4 is 44.9 Å². The fourth-order valence-electron chi connectivity index (χ4n) is 2.55. The van der Waals surface area contributed by atoms with Crippen molar-refractivity contribution in [3.63, 3.8) is 0 Å². The number of nitrogens with one attached hydrogen (secondary N) is 1. The molecule has 0 saturated heterocycles. The lowest BCUT2D eigenvalue weighted by Crippen LogP contribution is -2.13. The number of aromatic hydroxyl groups is 1. The number of carboxylic acid groups (broad SMARTS) is 1. The Kier molecular flexibility index (Phi) is 5.51. The Hall–Kier alpha value is -2.74. The molecule has 0 aliphatic heterocycles. The number of benzene rings is 3. The summed E-state index contributed by atoms with van der Waals surface area (Å²) in [6.07, 6.45) is 0. The Morgan fingerprint density at radius 2 is 1.57 bits per heavy atom. The number of hydrogen-bond acceptors (Lipinski definition) is 4. The molecule has 0 fully saturated rings. The number of sulfonamides is 1. The van der Waals surface area contributed by atoms with Gasteiger partial charge in [0, 0.05) is 16.1 Å². The zero-order valence-corrected chi connectivity index (χ0v) is 16.4.